The second-order valence-electron chi connectivity index (χ2n) is 5.77. The van der Waals surface area contributed by atoms with Gasteiger partial charge in [0, 0.05) is 5.54 Å². The van der Waals surface area contributed by atoms with Gasteiger partial charge in [-0.25, -0.2) is 0 Å². The fourth-order valence-electron chi connectivity index (χ4n) is 1.38. The second kappa shape index (κ2) is 9.47. The van der Waals surface area contributed by atoms with Gasteiger partial charge in [0.2, 0.25) is 0 Å². The normalized spacial score (nSPS) is 14.1. The van der Waals surface area contributed by atoms with Gasteiger partial charge in [0.05, 0.1) is 0 Å². The third-order valence-corrected chi connectivity index (χ3v) is 4.67. The first-order valence-electron chi connectivity index (χ1n) is 6.31. The summed E-state index contributed by atoms with van der Waals surface area (Å²) in [6.45, 7) is 19.8. The van der Waals surface area contributed by atoms with E-state index in [1.807, 2.05) is 0 Å². The van der Waals surface area contributed by atoms with Crippen LogP contribution in [-0.2, 0) is 24.7 Å². The first kappa shape index (κ1) is 19.9. The Balaban J connectivity index is 0. The molecular formula is C14H30NSiZr. The summed E-state index contributed by atoms with van der Waals surface area (Å²) in [4.78, 5) is 3.52. The molecule has 0 saturated heterocycles. The van der Waals surface area contributed by atoms with E-state index in [-0.39, 0.29) is 0 Å². The molecule has 3 heteroatoms. The van der Waals surface area contributed by atoms with Gasteiger partial charge in [0.15, 0.2) is 0 Å². The molecule has 0 amide bonds. The molecule has 17 heavy (non-hydrogen) atoms. The molecule has 0 unspecified atom stereocenters. The van der Waals surface area contributed by atoms with Crippen LogP contribution in [0.25, 0.3) is 0 Å². The Kier molecular flexibility index (Phi) is 11.1. The van der Waals surface area contributed by atoms with Crippen LogP contribution < -0.4 is 4.98 Å². The molecular weight excluding hydrogens is 301 g/mol. The summed E-state index contributed by atoms with van der Waals surface area (Å²) < 4.78 is 1.50. The summed E-state index contributed by atoms with van der Waals surface area (Å²) >= 11 is 1.53. The molecule has 0 heterocycles. The van der Waals surface area contributed by atoms with Gasteiger partial charge < -0.3 is 4.98 Å². The summed E-state index contributed by atoms with van der Waals surface area (Å²) in [5.41, 5.74) is 3.19. The summed E-state index contributed by atoms with van der Waals surface area (Å²) in [5.74, 6) is 0. The van der Waals surface area contributed by atoms with Crippen LogP contribution in [0, 0.1) is 0 Å². The maximum Gasteiger partial charge on any atom is 0.103 e. The molecule has 0 bridgehead atoms. The van der Waals surface area contributed by atoms with Gasteiger partial charge in [0.1, 0.15) is 8.96 Å². The van der Waals surface area contributed by atoms with Crippen LogP contribution in [-0.4, -0.2) is 14.5 Å². The average Bonchev–Trinajstić information content (AvgIpc) is 2.12. The molecule has 1 nitrogen and oxygen atoms in total. The zero-order valence-electron chi connectivity index (χ0n) is 13.2. The third kappa shape index (κ3) is 14.5. The van der Waals surface area contributed by atoms with Gasteiger partial charge in [-0.15, -0.1) is 0 Å². The van der Waals surface area contributed by atoms with Gasteiger partial charge in [-0.2, -0.15) is 0 Å². The molecule has 0 atom stereocenters. The maximum absolute atomic E-state index is 3.52. The van der Waals surface area contributed by atoms with Crippen molar-refractivity contribution < 1.29 is 24.7 Å². The van der Waals surface area contributed by atoms with Crippen molar-refractivity contribution >= 4 is 8.96 Å². The first-order valence-corrected chi connectivity index (χ1v) is 10.4. The smallest absolute Gasteiger partial charge is 0.103 e. The molecule has 0 saturated carbocycles. The van der Waals surface area contributed by atoms with Gasteiger partial charge in [0.25, 0.3) is 0 Å². The van der Waals surface area contributed by atoms with Gasteiger partial charge in [-0.1, -0.05) is 13.1 Å². The Bertz CT molecular complexity index is 268. The molecule has 0 aliphatic carbocycles. The molecule has 0 aliphatic heterocycles. The summed E-state index contributed by atoms with van der Waals surface area (Å²) in [7, 11) is -0.546. The number of hydrogen-bond acceptors (Lipinski definition) is 1. The molecule has 0 aromatic heterocycles. The van der Waals surface area contributed by atoms with Crippen LogP contribution in [0.5, 0.6) is 0 Å². The van der Waals surface area contributed by atoms with E-state index in [4.69, 9.17) is 0 Å². The Hall–Kier alpha value is 0.540. The molecule has 0 aromatic rings. The van der Waals surface area contributed by atoms with Crippen molar-refractivity contribution in [3.05, 3.63) is 20.5 Å². The van der Waals surface area contributed by atoms with Crippen molar-refractivity contribution in [2.45, 2.75) is 67.1 Å². The monoisotopic (exact) mass is 330 g/mol. The summed E-state index contributed by atoms with van der Waals surface area (Å²) in [6, 6.07) is 0. The topological polar surface area (TPSA) is 12.0 Å². The van der Waals surface area contributed by atoms with Crippen LogP contribution in [0.1, 0.15) is 48.5 Å². The van der Waals surface area contributed by atoms with Gasteiger partial charge >= 0.3 is 72.9 Å². The van der Waals surface area contributed by atoms with E-state index in [0.717, 1.165) is 0 Å². The Labute approximate surface area is 126 Å². The molecule has 0 aliphatic rings. The SMILES string of the molecule is CC=C(C)C(C)=[C](C)[Zr].C[SiH](C)NC(C)(C)C. The quantitative estimate of drug-likeness (QED) is 0.592. The predicted molar refractivity (Wildman–Crippen MR) is 79.6 cm³/mol. The van der Waals surface area contributed by atoms with Crippen molar-refractivity contribution in [1.82, 2.24) is 4.98 Å². The minimum Gasteiger partial charge on any atom is -0.335 e. The van der Waals surface area contributed by atoms with Gasteiger partial charge in [-0.05, 0) is 20.8 Å². The fraction of sp³-hybridized carbons (Fsp3) is 0.714. The molecule has 0 rings (SSSR count). The fourth-order valence-corrected chi connectivity index (χ4v) is 3.59. The minimum absolute atomic E-state index is 0.334. The minimum atomic E-state index is -0.546. The van der Waals surface area contributed by atoms with E-state index in [2.05, 4.69) is 72.6 Å². The zero-order valence-corrected chi connectivity index (χ0v) is 16.8. The Morgan fingerprint density at radius 1 is 1.12 bits per heavy atom. The van der Waals surface area contributed by atoms with E-state index in [9.17, 15) is 0 Å². The van der Waals surface area contributed by atoms with E-state index in [0.29, 0.717) is 5.54 Å². The molecule has 99 valence electrons. The molecule has 0 spiro atoms. The Morgan fingerprint density at radius 3 is 1.59 bits per heavy atom. The molecule has 0 fully saturated rings. The molecule has 1 N–H and O–H groups in total. The second-order valence-corrected chi connectivity index (χ2v) is 10.2. The number of hydrogen-bond donors (Lipinski definition) is 1. The van der Waals surface area contributed by atoms with Crippen LogP contribution >= 0.6 is 0 Å². The van der Waals surface area contributed by atoms with Crippen LogP contribution in [0.3, 0.4) is 0 Å². The summed E-state index contributed by atoms with van der Waals surface area (Å²) in [6.07, 6.45) is 2.16. The van der Waals surface area contributed by atoms with E-state index >= 15 is 0 Å². The standard InChI is InChI=1S/C8H13.C6H17NSi.Zr/c1-5-7(3)8(4)6-2;1-6(2,3)7-8(4)5;/h5H,1-4H3;7-8H,1-5H3;. The van der Waals surface area contributed by atoms with Crippen molar-refractivity contribution in [2.75, 3.05) is 0 Å². The third-order valence-electron chi connectivity index (χ3n) is 2.31. The van der Waals surface area contributed by atoms with Crippen LogP contribution in [0.2, 0.25) is 13.1 Å². The predicted octanol–water partition coefficient (Wildman–Crippen LogP) is 4.15. The molecule has 0 aromatic carbocycles. The number of rotatable bonds is 2. The number of nitrogens with one attached hydrogen (secondary N) is 1. The maximum atomic E-state index is 3.52. The van der Waals surface area contributed by atoms with Crippen molar-refractivity contribution in [1.29, 1.82) is 0 Å². The largest absolute Gasteiger partial charge is 0.335 e. The molecule has 0 radical (unpaired) electrons. The van der Waals surface area contributed by atoms with E-state index in [1.165, 1.54) is 39.1 Å². The van der Waals surface area contributed by atoms with Crippen LogP contribution in [0.15, 0.2) is 20.5 Å². The van der Waals surface area contributed by atoms with E-state index < -0.39 is 8.96 Å². The zero-order chi connectivity index (χ0) is 14.2. The van der Waals surface area contributed by atoms with Gasteiger partial charge in [-0.3, -0.25) is 0 Å². The van der Waals surface area contributed by atoms with Crippen LogP contribution in [0.4, 0.5) is 0 Å². The van der Waals surface area contributed by atoms with Crippen molar-refractivity contribution in [3.8, 4) is 0 Å². The van der Waals surface area contributed by atoms with E-state index in [1.54, 1.807) is 0 Å². The van der Waals surface area contributed by atoms with Crippen molar-refractivity contribution in [3.63, 3.8) is 0 Å². The first-order chi connectivity index (χ1) is 7.51. The van der Waals surface area contributed by atoms with Crippen molar-refractivity contribution in [2.24, 2.45) is 0 Å². The number of allylic oxidation sites excluding steroid dienone is 4. The summed E-state index contributed by atoms with van der Waals surface area (Å²) in [5, 5.41) is 0. The Morgan fingerprint density at radius 2 is 1.53 bits per heavy atom. The average molecular weight is 332 g/mol.